The maximum atomic E-state index is 11.2. The largest absolute Gasteiger partial charge is 0.508 e. The van der Waals surface area contributed by atoms with E-state index >= 15 is 0 Å². The zero-order valence-electron chi connectivity index (χ0n) is 15.5. The fourth-order valence-corrected chi connectivity index (χ4v) is 2.49. The third kappa shape index (κ3) is 4.92. The van der Waals surface area contributed by atoms with Crippen LogP contribution in [-0.2, 0) is 14.2 Å². The van der Waals surface area contributed by atoms with E-state index in [1.165, 1.54) is 13.4 Å². The fourth-order valence-electron chi connectivity index (χ4n) is 2.49. The molecular formula is C17H22N6O4. The van der Waals surface area contributed by atoms with Gasteiger partial charge in [-0.15, -0.1) is 0 Å². The van der Waals surface area contributed by atoms with E-state index < -0.39 is 18.0 Å². The SMILES string of the molecule is C=C/C=C1/C(N=CN(C)C)=NC=NN1[C@H]1CCC(C#N)(COC(=O)OC)O1. The second kappa shape index (κ2) is 8.95. The average molecular weight is 374 g/mol. The van der Waals surface area contributed by atoms with Crippen molar-refractivity contribution in [2.75, 3.05) is 27.8 Å². The van der Waals surface area contributed by atoms with E-state index in [1.54, 1.807) is 28.4 Å². The van der Waals surface area contributed by atoms with Crippen molar-refractivity contribution < 1.29 is 19.0 Å². The molecule has 27 heavy (non-hydrogen) atoms. The van der Waals surface area contributed by atoms with Gasteiger partial charge in [-0.3, -0.25) is 0 Å². The molecule has 0 radical (unpaired) electrons. The summed E-state index contributed by atoms with van der Waals surface area (Å²) in [4.78, 5) is 21.5. The lowest BCUT2D eigenvalue weighted by atomic mass is 10.0. The lowest BCUT2D eigenvalue weighted by molar-refractivity contribution is -0.0931. The Balaban J connectivity index is 2.17. The maximum Gasteiger partial charge on any atom is 0.508 e. The standard InChI is InChI=1S/C17H22N6O4/c1-5-6-13-15(20-12-22(2)3)19-11-21-23(13)14-7-8-17(9-18,27-14)10-26-16(24)25-4/h5-6,11-12,14H,1,7-8,10H2,2-4H3/b13-6-,20-12?/t14-,17?/m1/s1. The lowest BCUT2D eigenvalue weighted by Crippen LogP contribution is -2.40. The summed E-state index contributed by atoms with van der Waals surface area (Å²) in [5.74, 6) is 0.433. The van der Waals surface area contributed by atoms with E-state index in [2.05, 4.69) is 32.5 Å². The molecule has 0 spiro atoms. The Labute approximate surface area is 157 Å². The van der Waals surface area contributed by atoms with Gasteiger partial charge in [0.25, 0.3) is 0 Å². The second-order valence-electron chi connectivity index (χ2n) is 5.98. The molecule has 10 heteroatoms. The van der Waals surface area contributed by atoms with Gasteiger partial charge in [-0.2, -0.15) is 10.4 Å². The summed E-state index contributed by atoms with van der Waals surface area (Å²) >= 11 is 0. The molecule has 0 N–H and O–H groups in total. The number of nitriles is 1. The quantitative estimate of drug-likeness (QED) is 0.407. The summed E-state index contributed by atoms with van der Waals surface area (Å²) in [5.41, 5.74) is -0.687. The number of amidine groups is 1. The van der Waals surface area contributed by atoms with Crippen molar-refractivity contribution in [2.45, 2.75) is 24.7 Å². The molecule has 1 unspecified atom stereocenters. The molecule has 0 saturated carbocycles. The predicted molar refractivity (Wildman–Crippen MR) is 99.0 cm³/mol. The molecule has 144 valence electrons. The topological polar surface area (TPSA) is 112 Å². The molecule has 2 atom stereocenters. The van der Waals surface area contributed by atoms with Crippen molar-refractivity contribution in [3.63, 3.8) is 0 Å². The molecule has 0 aromatic heterocycles. The van der Waals surface area contributed by atoms with Gasteiger partial charge in [0, 0.05) is 14.1 Å². The van der Waals surface area contributed by atoms with Gasteiger partial charge in [-0.05, 0) is 18.9 Å². The summed E-state index contributed by atoms with van der Waals surface area (Å²) < 4.78 is 15.3. The molecule has 0 bridgehead atoms. The first-order valence-electron chi connectivity index (χ1n) is 8.17. The Morgan fingerprint density at radius 1 is 1.67 bits per heavy atom. The van der Waals surface area contributed by atoms with Crippen LogP contribution in [0, 0.1) is 11.3 Å². The molecule has 1 fully saturated rings. The van der Waals surface area contributed by atoms with Gasteiger partial charge in [0.05, 0.1) is 13.4 Å². The number of carbonyl (C=O) groups is 1. The monoisotopic (exact) mass is 374 g/mol. The number of rotatable bonds is 5. The summed E-state index contributed by atoms with van der Waals surface area (Å²) in [5, 5.41) is 15.4. The summed E-state index contributed by atoms with van der Waals surface area (Å²) in [6, 6.07) is 2.08. The van der Waals surface area contributed by atoms with E-state index in [1.807, 2.05) is 14.1 Å². The van der Waals surface area contributed by atoms with Crippen LogP contribution in [0.5, 0.6) is 0 Å². The average Bonchev–Trinajstić information content (AvgIpc) is 3.10. The molecule has 1 saturated heterocycles. The van der Waals surface area contributed by atoms with Crippen molar-refractivity contribution in [3.8, 4) is 6.07 Å². The van der Waals surface area contributed by atoms with Crippen LogP contribution in [0.4, 0.5) is 4.79 Å². The summed E-state index contributed by atoms with van der Waals surface area (Å²) in [6.45, 7) is 3.48. The molecule has 0 aromatic carbocycles. The van der Waals surface area contributed by atoms with E-state index in [-0.39, 0.29) is 6.61 Å². The lowest BCUT2D eigenvalue weighted by Gasteiger charge is -2.30. The maximum absolute atomic E-state index is 11.2. The highest BCUT2D eigenvalue weighted by Gasteiger charge is 2.45. The highest BCUT2D eigenvalue weighted by Crippen LogP contribution is 2.34. The van der Waals surface area contributed by atoms with Crippen molar-refractivity contribution in [1.29, 1.82) is 5.26 Å². The smallest absolute Gasteiger partial charge is 0.438 e. The van der Waals surface area contributed by atoms with Crippen LogP contribution in [0.2, 0.25) is 0 Å². The van der Waals surface area contributed by atoms with Gasteiger partial charge in [0.15, 0.2) is 17.7 Å². The molecule has 0 aromatic rings. The zero-order chi connectivity index (χ0) is 19.9. The van der Waals surface area contributed by atoms with Crippen molar-refractivity contribution in [3.05, 3.63) is 24.4 Å². The van der Waals surface area contributed by atoms with Gasteiger partial charge < -0.3 is 19.1 Å². The third-order valence-corrected chi connectivity index (χ3v) is 3.74. The number of ether oxygens (including phenoxy) is 3. The Kier molecular flexibility index (Phi) is 6.67. The van der Waals surface area contributed by atoms with Crippen LogP contribution in [0.15, 0.2) is 39.5 Å². The van der Waals surface area contributed by atoms with Crippen LogP contribution in [0.1, 0.15) is 12.8 Å². The molecule has 2 rings (SSSR count). The third-order valence-electron chi connectivity index (χ3n) is 3.74. The molecule has 2 aliphatic heterocycles. The number of nitrogens with zero attached hydrogens (tertiary/aromatic N) is 6. The first-order chi connectivity index (χ1) is 12.9. The summed E-state index contributed by atoms with van der Waals surface area (Å²) in [6.07, 6.45) is 5.73. The molecule has 0 aliphatic carbocycles. The first kappa shape index (κ1) is 20.1. The van der Waals surface area contributed by atoms with Gasteiger partial charge in [-0.25, -0.2) is 19.8 Å². The van der Waals surface area contributed by atoms with Crippen LogP contribution in [0.3, 0.4) is 0 Å². The van der Waals surface area contributed by atoms with Crippen LogP contribution in [-0.4, -0.2) is 74.2 Å². The molecule has 2 aliphatic rings. The number of hydrogen-bond acceptors (Lipinski definition) is 9. The number of aliphatic imine (C=N–C) groups is 2. The van der Waals surface area contributed by atoms with Crippen LogP contribution < -0.4 is 0 Å². The number of allylic oxidation sites excluding steroid dienone is 2. The molecular weight excluding hydrogens is 352 g/mol. The first-order valence-corrected chi connectivity index (χ1v) is 8.17. The minimum absolute atomic E-state index is 0.232. The van der Waals surface area contributed by atoms with E-state index in [0.29, 0.717) is 24.4 Å². The number of methoxy groups -OCH3 is 1. The van der Waals surface area contributed by atoms with E-state index in [4.69, 9.17) is 9.47 Å². The second-order valence-corrected chi connectivity index (χ2v) is 5.98. The fraction of sp³-hybridized carbons (Fsp3) is 0.471. The minimum Gasteiger partial charge on any atom is -0.438 e. The number of hydrogen-bond donors (Lipinski definition) is 0. The van der Waals surface area contributed by atoms with Gasteiger partial charge >= 0.3 is 6.16 Å². The van der Waals surface area contributed by atoms with Gasteiger partial charge in [0.1, 0.15) is 24.7 Å². The molecule has 10 nitrogen and oxygen atoms in total. The Bertz CT molecular complexity index is 736. The highest BCUT2D eigenvalue weighted by atomic mass is 16.7. The number of carbonyl (C=O) groups excluding carboxylic acids is 1. The van der Waals surface area contributed by atoms with E-state index in [0.717, 1.165) is 0 Å². The van der Waals surface area contributed by atoms with Crippen LogP contribution in [0.25, 0.3) is 0 Å². The van der Waals surface area contributed by atoms with Crippen LogP contribution >= 0.6 is 0 Å². The van der Waals surface area contributed by atoms with Gasteiger partial charge in [-0.1, -0.05) is 12.7 Å². The van der Waals surface area contributed by atoms with E-state index in [9.17, 15) is 10.1 Å². The summed E-state index contributed by atoms with van der Waals surface area (Å²) in [7, 11) is 4.89. The Morgan fingerprint density at radius 3 is 3.07 bits per heavy atom. The predicted octanol–water partition coefficient (Wildman–Crippen LogP) is 1.49. The number of hydrazone groups is 1. The Hall–Kier alpha value is -3.19. The molecule has 0 amide bonds. The van der Waals surface area contributed by atoms with Crippen molar-refractivity contribution >= 4 is 24.7 Å². The van der Waals surface area contributed by atoms with Gasteiger partial charge in [0.2, 0.25) is 0 Å². The zero-order valence-corrected chi connectivity index (χ0v) is 15.5. The van der Waals surface area contributed by atoms with Crippen molar-refractivity contribution in [2.24, 2.45) is 15.1 Å². The van der Waals surface area contributed by atoms with Crippen molar-refractivity contribution in [1.82, 2.24) is 9.91 Å². The molecule has 2 heterocycles. The normalized spacial score (nSPS) is 26.0. The Morgan fingerprint density at radius 2 is 2.44 bits per heavy atom. The highest BCUT2D eigenvalue weighted by molar-refractivity contribution is 6.06. The minimum atomic E-state index is -1.27.